The highest BCUT2D eigenvalue weighted by atomic mass is 32.2. The third kappa shape index (κ3) is 5.15. The van der Waals surface area contributed by atoms with E-state index in [0.29, 0.717) is 18.7 Å². The van der Waals surface area contributed by atoms with Crippen molar-refractivity contribution < 1.29 is 26.3 Å². The molecule has 1 fully saturated rings. The van der Waals surface area contributed by atoms with Gasteiger partial charge in [-0.25, -0.2) is 13.4 Å². The van der Waals surface area contributed by atoms with Crippen molar-refractivity contribution in [3.05, 3.63) is 70.8 Å². The van der Waals surface area contributed by atoms with Crippen LogP contribution in [0.3, 0.4) is 0 Å². The number of halogens is 3. The zero-order valence-corrected chi connectivity index (χ0v) is 20.4. The fourth-order valence-corrected chi connectivity index (χ4v) is 5.17. The van der Waals surface area contributed by atoms with Crippen LogP contribution in [0, 0.1) is 11.3 Å². The highest BCUT2D eigenvalue weighted by Crippen LogP contribution is 2.40. The third-order valence-electron chi connectivity index (χ3n) is 5.63. The summed E-state index contributed by atoms with van der Waals surface area (Å²) in [5.41, 5.74) is 0.993. The van der Waals surface area contributed by atoms with Gasteiger partial charge in [-0.15, -0.1) is 11.3 Å². The lowest BCUT2D eigenvalue weighted by Gasteiger charge is -2.27. The minimum atomic E-state index is -4.58. The lowest BCUT2D eigenvalue weighted by atomic mass is 10.0. The number of ether oxygens (including phenoxy) is 1. The summed E-state index contributed by atoms with van der Waals surface area (Å²) in [5, 5.41) is 18.5. The quantitative estimate of drug-likeness (QED) is 0.347. The van der Waals surface area contributed by atoms with Gasteiger partial charge in [-0.3, -0.25) is 9.40 Å². The number of alkyl halides is 3. The van der Waals surface area contributed by atoms with Crippen molar-refractivity contribution in [1.82, 2.24) is 20.1 Å². The molecule has 0 spiro atoms. The highest BCUT2D eigenvalue weighted by Gasteiger charge is 2.32. The van der Waals surface area contributed by atoms with E-state index in [0.717, 1.165) is 24.3 Å². The predicted octanol–water partition coefficient (Wildman–Crippen LogP) is 4.63. The number of benzene rings is 2. The Morgan fingerprint density at radius 1 is 1.19 bits per heavy atom. The van der Waals surface area contributed by atoms with Crippen molar-refractivity contribution in [2.24, 2.45) is 0 Å². The van der Waals surface area contributed by atoms with Crippen molar-refractivity contribution in [2.75, 3.05) is 17.8 Å². The summed E-state index contributed by atoms with van der Waals surface area (Å²) >= 11 is 1.21. The predicted molar refractivity (Wildman–Crippen MR) is 129 cm³/mol. The van der Waals surface area contributed by atoms with Crippen molar-refractivity contribution in [3.8, 4) is 28.7 Å². The number of thiazole rings is 1. The summed E-state index contributed by atoms with van der Waals surface area (Å²) < 4.78 is 75.6. The minimum absolute atomic E-state index is 0.0216. The van der Waals surface area contributed by atoms with E-state index < -0.39 is 21.8 Å². The number of nitrogens with zero attached hydrogens (tertiary/aromatic N) is 4. The zero-order valence-electron chi connectivity index (χ0n) is 18.7. The molecule has 9 nitrogen and oxygen atoms in total. The van der Waals surface area contributed by atoms with E-state index in [-0.39, 0.29) is 39.4 Å². The summed E-state index contributed by atoms with van der Waals surface area (Å²) in [7, 11) is -4.03. The van der Waals surface area contributed by atoms with Gasteiger partial charge < -0.3 is 10.1 Å². The molecule has 0 bridgehead atoms. The molecular formula is C23H17F3N6O3S2. The topological polar surface area (TPSA) is 122 Å². The van der Waals surface area contributed by atoms with Gasteiger partial charge in [0.05, 0.1) is 33.8 Å². The molecule has 5 rings (SSSR count). The molecule has 0 amide bonds. The maximum atomic E-state index is 13.5. The van der Waals surface area contributed by atoms with Gasteiger partial charge in [-0.2, -0.15) is 23.5 Å². The molecule has 1 aliphatic rings. The summed E-state index contributed by atoms with van der Waals surface area (Å²) in [6.07, 6.45) is -1.50. The molecule has 1 saturated heterocycles. The number of hydrogen-bond donors (Lipinski definition) is 2. The van der Waals surface area contributed by atoms with Crippen LogP contribution in [0.15, 0.2) is 64.6 Å². The Kier molecular flexibility index (Phi) is 6.36. The van der Waals surface area contributed by atoms with E-state index in [2.05, 4.69) is 20.1 Å². The Balaban J connectivity index is 1.50. The Hall–Kier alpha value is -3.93. The van der Waals surface area contributed by atoms with Crippen LogP contribution in [0.4, 0.5) is 19.0 Å². The molecule has 2 N–H and O–H groups in total. The van der Waals surface area contributed by atoms with E-state index in [1.807, 2.05) is 6.07 Å². The van der Waals surface area contributed by atoms with Crippen LogP contribution in [0.1, 0.15) is 17.2 Å². The smallest absolute Gasteiger partial charge is 0.416 e. The average molecular weight is 547 g/mol. The van der Waals surface area contributed by atoms with Crippen LogP contribution >= 0.6 is 11.3 Å². The number of hydrogen-bond acceptors (Lipinski definition) is 8. The van der Waals surface area contributed by atoms with E-state index in [1.165, 1.54) is 40.6 Å². The first-order valence-corrected chi connectivity index (χ1v) is 13.2. The summed E-state index contributed by atoms with van der Waals surface area (Å²) in [6.45, 7) is 1.40. The van der Waals surface area contributed by atoms with Crippen LogP contribution in [-0.4, -0.2) is 36.3 Å². The zero-order chi connectivity index (χ0) is 26.2. The van der Waals surface area contributed by atoms with Crippen molar-refractivity contribution in [3.63, 3.8) is 0 Å². The molecule has 190 valence electrons. The fourth-order valence-electron chi connectivity index (χ4n) is 3.59. The van der Waals surface area contributed by atoms with Crippen LogP contribution in [0.2, 0.25) is 0 Å². The summed E-state index contributed by atoms with van der Waals surface area (Å²) in [6, 6.07) is 8.61. The lowest BCUT2D eigenvalue weighted by Crippen LogP contribution is -2.43. The Morgan fingerprint density at radius 2 is 1.97 bits per heavy atom. The number of sulfonamides is 1. The van der Waals surface area contributed by atoms with E-state index in [1.54, 1.807) is 10.9 Å². The summed E-state index contributed by atoms with van der Waals surface area (Å²) in [5.74, 6) is 0.162. The van der Waals surface area contributed by atoms with E-state index in [4.69, 9.17) is 4.74 Å². The van der Waals surface area contributed by atoms with Gasteiger partial charge in [0.1, 0.15) is 17.6 Å². The number of aromatic nitrogens is 3. The second-order valence-electron chi connectivity index (χ2n) is 8.08. The Bertz CT molecular complexity index is 1590. The van der Waals surface area contributed by atoms with E-state index >= 15 is 0 Å². The molecule has 2 aromatic carbocycles. The van der Waals surface area contributed by atoms with Gasteiger partial charge in [0.25, 0.3) is 10.0 Å². The normalized spacial score (nSPS) is 14.1. The van der Waals surface area contributed by atoms with Crippen LogP contribution in [-0.2, 0) is 16.2 Å². The van der Waals surface area contributed by atoms with Gasteiger partial charge in [0, 0.05) is 35.8 Å². The number of nitrogens with one attached hydrogen (secondary N) is 2. The molecule has 0 radical (unpaired) electrons. The molecular weight excluding hydrogens is 529 g/mol. The Morgan fingerprint density at radius 3 is 2.62 bits per heavy atom. The molecule has 14 heteroatoms. The third-order valence-corrected chi connectivity index (χ3v) is 7.57. The number of anilines is 1. The first-order chi connectivity index (χ1) is 17.6. The lowest BCUT2D eigenvalue weighted by molar-refractivity contribution is -0.137. The standard InChI is InChI=1S/C23H17F3N6O3S2/c24-23(25,26)16-1-3-21(19(6-16)15-8-30-32(11-15)17-9-28-10-17)35-20-4-2-18(5-14(20)7-27)37(33,34)31-22-12-36-13-29-22/h1-6,8,11-13,17,28,31H,9-10H2. The van der Waals surface area contributed by atoms with Gasteiger partial charge >= 0.3 is 6.18 Å². The minimum Gasteiger partial charge on any atom is -0.455 e. The van der Waals surface area contributed by atoms with Gasteiger partial charge in [-0.05, 0) is 36.4 Å². The van der Waals surface area contributed by atoms with E-state index in [9.17, 15) is 26.9 Å². The monoisotopic (exact) mass is 546 g/mol. The first kappa shape index (κ1) is 24.8. The molecule has 0 saturated carbocycles. The van der Waals surface area contributed by atoms with Crippen molar-refractivity contribution in [2.45, 2.75) is 17.1 Å². The maximum Gasteiger partial charge on any atom is 0.416 e. The molecule has 0 atom stereocenters. The highest BCUT2D eigenvalue weighted by molar-refractivity contribution is 7.92. The van der Waals surface area contributed by atoms with Crippen LogP contribution < -0.4 is 14.8 Å². The molecule has 4 aromatic rings. The second kappa shape index (κ2) is 9.51. The largest absolute Gasteiger partial charge is 0.455 e. The second-order valence-corrected chi connectivity index (χ2v) is 10.5. The first-order valence-electron chi connectivity index (χ1n) is 10.7. The Labute approximate surface area is 213 Å². The van der Waals surface area contributed by atoms with Crippen LogP contribution in [0.25, 0.3) is 11.1 Å². The SMILES string of the molecule is N#Cc1cc(S(=O)(=O)Nc2cscn2)ccc1Oc1ccc(C(F)(F)F)cc1-c1cnn(C2CNC2)c1. The van der Waals surface area contributed by atoms with Crippen molar-refractivity contribution in [1.29, 1.82) is 5.26 Å². The molecule has 1 aliphatic heterocycles. The molecule has 37 heavy (non-hydrogen) atoms. The molecule has 2 aromatic heterocycles. The molecule has 0 unspecified atom stereocenters. The number of nitriles is 1. The maximum absolute atomic E-state index is 13.5. The number of rotatable bonds is 7. The van der Waals surface area contributed by atoms with Gasteiger partial charge in [0.15, 0.2) is 5.82 Å². The van der Waals surface area contributed by atoms with Crippen molar-refractivity contribution >= 4 is 27.2 Å². The molecule has 3 heterocycles. The van der Waals surface area contributed by atoms with Gasteiger partial charge in [0.2, 0.25) is 0 Å². The fraction of sp³-hybridized carbons (Fsp3) is 0.174. The molecule has 0 aliphatic carbocycles. The summed E-state index contributed by atoms with van der Waals surface area (Å²) in [4.78, 5) is 3.67. The van der Waals surface area contributed by atoms with Crippen LogP contribution in [0.5, 0.6) is 11.5 Å². The average Bonchev–Trinajstić information content (AvgIpc) is 3.50. The van der Waals surface area contributed by atoms with Gasteiger partial charge in [-0.1, -0.05) is 0 Å².